The molecule has 29 heavy (non-hydrogen) atoms. The van der Waals surface area contributed by atoms with Crippen molar-refractivity contribution in [3.8, 4) is 11.5 Å². The smallest absolute Gasteiger partial charge is 0.283 e. The van der Waals surface area contributed by atoms with E-state index in [1.807, 2.05) is 30.3 Å². The van der Waals surface area contributed by atoms with Gasteiger partial charge in [0.05, 0.1) is 11.4 Å². The van der Waals surface area contributed by atoms with Crippen LogP contribution in [0.5, 0.6) is 11.5 Å². The van der Waals surface area contributed by atoms with E-state index in [1.54, 1.807) is 30.3 Å². The van der Waals surface area contributed by atoms with Gasteiger partial charge in [-0.05, 0) is 48.5 Å². The second kappa shape index (κ2) is 7.77. The molecule has 2 amide bonds. The zero-order valence-corrected chi connectivity index (χ0v) is 15.7. The Morgan fingerprint density at radius 1 is 0.793 bits per heavy atom. The Balaban J connectivity index is 1.54. The molecule has 1 N–H and O–H groups in total. The first-order valence-corrected chi connectivity index (χ1v) is 9.05. The fourth-order valence-corrected chi connectivity index (χ4v) is 3.04. The lowest BCUT2D eigenvalue weighted by Gasteiger charge is -2.16. The molecule has 144 valence electrons. The Morgan fingerprint density at radius 3 is 2.10 bits per heavy atom. The summed E-state index contributed by atoms with van der Waals surface area (Å²) in [7, 11) is 0. The molecule has 3 aromatic carbocycles. The molecule has 0 unspecified atom stereocenters. The molecule has 1 heterocycles. The fourth-order valence-electron chi connectivity index (χ4n) is 2.83. The summed E-state index contributed by atoms with van der Waals surface area (Å²) in [5.41, 5.74) is 0.200. The molecule has 0 saturated heterocycles. The summed E-state index contributed by atoms with van der Waals surface area (Å²) in [6, 6.07) is 21.4. The average Bonchev–Trinajstić information content (AvgIpc) is 2.94. The summed E-state index contributed by atoms with van der Waals surface area (Å²) in [6.07, 6.45) is 0. The van der Waals surface area contributed by atoms with Gasteiger partial charge in [-0.25, -0.2) is 9.29 Å². The molecule has 0 fully saturated rings. The number of nitrogens with one attached hydrogen (secondary N) is 1. The molecular weight excluding hydrogens is 395 g/mol. The summed E-state index contributed by atoms with van der Waals surface area (Å²) in [5.74, 6) is -0.713. The van der Waals surface area contributed by atoms with Crippen molar-refractivity contribution < 1.29 is 18.7 Å². The summed E-state index contributed by atoms with van der Waals surface area (Å²) < 4.78 is 19.6. The number of hydrogen-bond donors (Lipinski definition) is 1. The first-order chi connectivity index (χ1) is 14.0. The third kappa shape index (κ3) is 3.70. The van der Waals surface area contributed by atoms with Crippen LogP contribution in [-0.4, -0.2) is 11.8 Å². The molecule has 0 radical (unpaired) electrons. The predicted molar refractivity (Wildman–Crippen MR) is 108 cm³/mol. The lowest BCUT2D eigenvalue weighted by atomic mass is 10.2. The normalized spacial score (nSPS) is 13.8. The van der Waals surface area contributed by atoms with Crippen LogP contribution in [0.2, 0.25) is 0 Å². The Kier molecular flexibility index (Phi) is 5.01. The molecule has 3 aromatic rings. The molecular formula is C22H14ClFN2O3. The number of nitrogens with zero attached hydrogens (tertiary/aromatic N) is 1. The number of ether oxygens (including phenoxy) is 1. The topological polar surface area (TPSA) is 58.6 Å². The number of benzene rings is 3. The van der Waals surface area contributed by atoms with E-state index in [2.05, 4.69) is 5.32 Å². The summed E-state index contributed by atoms with van der Waals surface area (Å²) in [5, 5.41) is 2.32. The summed E-state index contributed by atoms with van der Waals surface area (Å²) in [4.78, 5) is 26.2. The van der Waals surface area contributed by atoms with Crippen molar-refractivity contribution in [3.05, 3.63) is 95.4 Å². The van der Waals surface area contributed by atoms with Gasteiger partial charge in [0.1, 0.15) is 28.0 Å². The third-order valence-electron chi connectivity index (χ3n) is 4.23. The average molecular weight is 409 g/mol. The standard InChI is InChI=1S/C22H14ClFN2O3/c23-19-20(25-18-9-5-4-8-17(18)24)22(28)26(21(19)27)14-10-12-16(13-11-14)29-15-6-2-1-3-7-15/h1-13,25H. The highest BCUT2D eigenvalue weighted by molar-refractivity contribution is 6.53. The van der Waals surface area contributed by atoms with E-state index < -0.39 is 17.6 Å². The Bertz CT molecular complexity index is 1110. The fraction of sp³-hybridized carbons (Fsp3) is 0. The second-order valence-electron chi connectivity index (χ2n) is 6.15. The molecule has 7 heteroatoms. The van der Waals surface area contributed by atoms with Crippen LogP contribution >= 0.6 is 11.6 Å². The zero-order chi connectivity index (χ0) is 20.4. The van der Waals surface area contributed by atoms with Gasteiger partial charge in [0.15, 0.2) is 0 Å². The zero-order valence-electron chi connectivity index (χ0n) is 14.9. The molecule has 0 aromatic heterocycles. The van der Waals surface area contributed by atoms with Gasteiger partial charge < -0.3 is 10.1 Å². The van der Waals surface area contributed by atoms with Crippen molar-refractivity contribution in [1.29, 1.82) is 0 Å². The van der Waals surface area contributed by atoms with E-state index in [1.165, 1.54) is 18.2 Å². The van der Waals surface area contributed by atoms with Crippen molar-refractivity contribution in [2.75, 3.05) is 10.2 Å². The summed E-state index contributed by atoms with van der Waals surface area (Å²) in [6.45, 7) is 0. The maximum absolute atomic E-state index is 13.9. The number of halogens is 2. The van der Waals surface area contributed by atoms with Crippen LogP contribution in [0.1, 0.15) is 0 Å². The first kappa shape index (κ1) is 18.7. The summed E-state index contributed by atoms with van der Waals surface area (Å²) >= 11 is 6.07. The Hall–Kier alpha value is -3.64. The number of para-hydroxylation sites is 2. The molecule has 0 saturated carbocycles. The number of carbonyl (C=O) groups is 2. The van der Waals surface area contributed by atoms with Gasteiger partial charge in [-0.2, -0.15) is 0 Å². The van der Waals surface area contributed by atoms with E-state index in [9.17, 15) is 14.0 Å². The minimum absolute atomic E-state index is 0.0512. The minimum Gasteiger partial charge on any atom is -0.457 e. The maximum atomic E-state index is 13.9. The van der Waals surface area contributed by atoms with Crippen LogP contribution in [0.15, 0.2) is 89.6 Å². The Labute approximate surface area is 171 Å². The van der Waals surface area contributed by atoms with Crippen LogP contribution in [0, 0.1) is 5.82 Å². The van der Waals surface area contributed by atoms with Gasteiger partial charge >= 0.3 is 0 Å². The lowest BCUT2D eigenvalue weighted by molar-refractivity contribution is -0.120. The van der Waals surface area contributed by atoms with E-state index in [0.717, 1.165) is 4.90 Å². The number of carbonyl (C=O) groups excluding carboxylic acids is 2. The minimum atomic E-state index is -0.688. The van der Waals surface area contributed by atoms with Crippen molar-refractivity contribution in [1.82, 2.24) is 0 Å². The van der Waals surface area contributed by atoms with Crippen molar-refractivity contribution in [2.24, 2.45) is 0 Å². The molecule has 5 nitrogen and oxygen atoms in total. The van der Waals surface area contributed by atoms with Crippen molar-refractivity contribution in [2.45, 2.75) is 0 Å². The van der Waals surface area contributed by atoms with Crippen LogP contribution in [0.4, 0.5) is 15.8 Å². The van der Waals surface area contributed by atoms with E-state index in [4.69, 9.17) is 16.3 Å². The molecule has 1 aliphatic rings. The molecule has 1 aliphatic heterocycles. The lowest BCUT2D eigenvalue weighted by Crippen LogP contribution is -2.32. The Morgan fingerprint density at radius 2 is 1.41 bits per heavy atom. The monoisotopic (exact) mass is 408 g/mol. The highest BCUT2D eigenvalue weighted by Crippen LogP contribution is 2.32. The van der Waals surface area contributed by atoms with Crippen LogP contribution < -0.4 is 15.0 Å². The van der Waals surface area contributed by atoms with Gasteiger partial charge in [-0.15, -0.1) is 0 Å². The van der Waals surface area contributed by atoms with E-state index >= 15 is 0 Å². The third-order valence-corrected chi connectivity index (χ3v) is 4.59. The molecule has 0 spiro atoms. The first-order valence-electron chi connectivity index (χ1n) is 8.67. The number of anilines is 2. The van der Waals surface area contributed by atoms with Crippen molar-refractivity contribution >= 4 is 34.8 Å². The molecule has 0 atom stereocenters. The van der Waals surface area contributed by atoms with E-state index in [0.29, 0.717) is 17.2 Å². The van der Waals surface area contributed by atoms with Crippen molar-refractivity contribution in [3.63, 3.8) is 0 Å². The number of rotatable bonds is 5. The maximum Gasteiger partial charge on any atom is 0.283 e. The van der Waals surface area contributed by atoms with Gasteiger partial charge in [-0.3, -0.25) is 9.59 Å². The van der Waals surface area contributed by atoms with Crippen LogP contribution in [0.3, 0.4) is 0 Å². The molecule has 0 bridgehead atoms. The van der Waals surface area contributed by atoms with E-state index in [-0.39, 0.29) is 16.4 Å². The van der Waals surface area contributed by atoms with Gasteiger partial charge in [0.2, 0.25) is 0 Å². The second-order valence-corrected chi connectivity index (χ2v) is 6.53. The van der Waals surface area contributed by atoms with Crippen LogP contribution in [0.25, 0.3) is 0 Å². The molecule has 0 aliphatic carbocycles. The van der Waals surface area contributed by atoms with Crippen LogP contribution in [-0.2, 0) is 9.59 Å². The highest BCUT2D eigenvalue weighted by atomic mass is 35.5. The van der Waals surface area contributed by atoms with Gasteiger partial charge in [0.25, 0.3) is 11.8 Å². The molecule has 4 rings (SSSR count). The number of imide groups is 1. The van der Waals surface area contributed by atoms with Gasteiger partial charge in [-0.1, -0.05) is 41.9 Å². The quantitative estimate of drug-likeness (QED) is 0.600. The number of amides is 2. The largest absolute Gasteiger partial charge is 0.457 e. The number of hydrogen-bond acceptors (Lipinski definition) is 4. The highest BCUT2D eigenvalue weighted by Gasteiger charge is 2.39. The SMILES string of the molecule is O=C1C(Cl)=C(Nc2ccccc2F)C(=O)N1c1ccc(Oc2ccccc2)cc1. The predicted octanol–water partition coefficient (Wildman–Crippen LogP) is 5.05. The van der Waals surface area contributed by atoms with Gasteiger partial charge in [0, 0.05) is 0 Å².